The minimum atomic E-state index is -0.174. The fraction of sp³-hybridized carbons (Fsp3) is 0.519. The van der Waals surface area contributed by atoms with Gasteiger partial charge in [-0.25, -0.2) is 4.79 Å². The minimum absolute atomic E-state index is 0.174. The van der Waals surface area contributed by atoms with Crippen molar-refractivity contribution in [2.24, 2.45) is 5.92 Å². The Bertz CT molecular complexity index is 958. The van der Waals surface area contributed by atoms with E-state index in [1.807, 2.05) is 44.7 Å². The number of unbranched alkanes of at least 4 members (excludes halogenated alkanes) is 2. The third kappa shape index (κ3) is 7.04. The lowest BCUT2D eigenvalue weighted by molar-refractivity contribution is 0.0785. The Morgan fingerprint density at radius 3 is 2.30 bits per heavy atom. The molecule has 1 aliphatic heterocycles. The van der Waals surface area contributed by atoms with Crippen LogP contribution in [0, 0.1) is 40.5 Å². The number of aromatic nitrogens is 1. The SMILES string of the molecule is Cc1cc(C)c(C(=O)N2CCC(CCCCCNC(=O)Nc3cc(C)nc(C)c3)C2)c(C)c1. The first-order valence-corrected chi connectivity index (χ1v) is 12.1. The largest absolute Gasteiger partial charge is 0.338 e. The van der Waals surface area contributed by atoms with Crippen LogP contribution in [0.4, 0.5) is 10.5 Å². The molecule has 1 saturated heterocycles. The lowest BCUT2D eigenvalue weighted by Crippen LogP contribution is -2.30. The number of amides is 3. The smallest absolute Gasteiger partial charge is 0.319 e. The number of aryl methyl sites for hydroxylation is 5. The van der Waals surface area contributed by atoms with Gasteiger partial charge in [-0.3, -0.25) is 9.78 Å². The molecule has 6 nitrogen and oxygen atoms in total. The summed E-state index contributed by atoms with van der Waals surface area (Å²) >= 11 is 0. The summed E-state index contributed by atoms with van der Waals surface area (Å²) in [6, 6.07) is 7.75. The number of nitrogens with zero attached hydrogens (tertiary/aromatic N) is 2. The number of nitrogens with one attached hydrogen (secondary N) is 2. The van der Waals surface area contributed by atoms with Crippen molar-refractivity contribution >= 4 is 17.6 Å². The van der Waals surface area contributed by atoms with E-state index < -0.39 is 0 Å². The molecular formula is C27H38N4O2. The maximum absolute atomic E-state index is 13.1. The molecule has 0 saturated carbocycles. The van der Waals surface area contributed by atoms with E-state index in [-0.39, 0.29) is 11.9 Å². The van der Waals surface area contributed by atoms with E-state index in [1.165, 1.54) is 5.56 Å². The van der Waals surface area contributed by atoms with Crippen molar-refractivity contribution in [3.05, 3.63) is 57.9 Å². The Balaban J connectivity index is 1.33. The molecular weight excluding hydrogens is 412 g/mol. The van der Waals surface area contributed by atoms with Gasteiger partial charge in [0, 0.05) is 42.3 Å². The normalized spacial score (nSPS) is 15.5. The molecule has 1 fully saturated rings. The average molecular weight is 451 g/mol. The Hall–Kier alpha value is -2.89. The molecule has 0 aliphatic carbocycles. The van der Waals surface area contributed by atoms with Crippen LogP contribution in [0.1, 0.15) is 70.5 Å². The van der Waals surface area contributed by atoms with Crippen LogP contribution in [-0.4, -0.2) is 41.5 Å². The average Bonchev–Trinajstić information content (AvgIpc) is 3.18. The van der Waals surface area contributed by atoms with Crippen molar-refractivity contribution in [1.29, 1.82) is 0 Å². The highest BCUT2D eigenvalue weighted by molar-refractivity contribution is 5.97. The molecule has 178 valence electrons. The predicted molar refractivity (Wildman–Crippen MR) is 134 cm³/mol. The molecule has 1 aliphatic rings. The second-order valence-corrected chi connectivity index (χ2v) is 9.55. The molecule has 1 atom stereocenters. The Kier molecular flexibility index (Phi) is 8.48. The topological polar surface area (TPSA) is 74.3 Å². The zero-order valence-electron chi connectivity index (χ0n) is 20.8. The summed E-state index contributed by atoms with van der Waals surface area (Å²) < 4.78 is 0. The number of anilines is 1. The highest BCUT2D eigenvalue weighted by atomic mass is 16.2. The molecule has 1 aromatic heterocycles. The maximum atomic E-state index is 13.1. The Morgan fingerprint density at radius 1 is 0.970 bits per heavy atom. The van der Waals surface area contributed by atoms with Gasteiger partial charge >= 0.3 is 6.03 Å². The van der Waals surface area contributed by atoms with Gasteiger partial charge in [-0.1, -0.05) is 30.5 Å². The first-order chi connectivity index (χ1) is 15.7. The van der Waals surface area contributed by atoms with Crippen LogP contribution in [0.2, 0.25) is 0 Å². The summed E-state index contributed by atoms with van der Waals surface area (Å²) in [4.78, 5) is 31.5. The van der Waals surface area contributed by atoms with Crippen LogP contribution in [0.3, 0.4) is 0 Å². The van der Waals surface area contributed by atoms with E-state index >= 15 is 0 Å². The summed E-state index contributed by atoms with van der Waals surface area (Å²) in [6.45, 7) is 12.4. The predicted octanol–water partition coefficient (Wildman–Crippen LogP) is 5.47. The summed E-state index contributed by atoms with van der Waals surface area (Å²) in [6.07, 6.45) is 5.38. The van der Waals surface area contributed by atoms with Crippen molar-refractivity contribution < 1.29 is 9.59 Å². The molecule has 3 rings (SSSR count). The van der Waals surface area contributed by atoms with Crippen LogP contribution in [0.5, 0.6) is 0 Å². The van der Waals surface area contributed by atoms with E-state index in [0.29, 0.717) is 12.5 Å². The van der Waals surface area contributed by atoms with Crippen molar-refractivity contribution in [3.63, 3.8) is 0 Å². The molecule has 0 spiro atoms. The summed E-state index contributed by atoms with van der Waals surface area (Å²) in [5.41, 5.74) is 6.79. The van der Waals surface area contributed by atoms with Crippen LogP contribution >= 0.6 is 0 Å². The first kappa shape index (κ1) is 24.7. The fourth-order valence-corrected chi connectivity index (χ4v) is 4.95. The summed E-state index contributed by atoms with van der Waals surface area (Å²) in [5, 5.41) is 5.80. The van der Waals surface area contributed by atoms with Gasteiger partial charge in [0.25, 0.3) is 5.91 Å². The van der Waals surface area contributed by atoms with Gasteiger partial charge in [-0.2, -0.15) is 0 Å². The number of rotatable bonds is 8. The van der Waals surface area contributed by atoms with Crippen LogP contribution in [0.15, 0.2) is 24.3 Å². The fourth-order valence-electron chi connectivity index (χ4n) is 4.95. The number of benzene rings is 1. The van der Waals surface area contributed by atoms with E-state index in [9.17, 15) is 9.59 Å². The molecule has 1 aromatic carbocycles. The molecule has 6 heteroatoms. The van der Waals surface area contributed by atoms with Gasteiger partial charge in [0.05, 0.1) is 0 Å². The second-order valence-electron chi connectivity index (χ2n) is 9.55. The van der Waals surface area contributed by atoms with Crippen LogP contribution < -0.4 is 10.6 Å². The minimum Gasteiger partial charge on any atom is -0.338 e. The van der Waals surface area contributed by atoms with Gasteiger partial charge in [0.2, 0.25) is 0 Å². The van der Waals surface area contributed by atoms with Crippen molar-refractivity contribution in [2.45, 2.75) is 66.7 Å². The standard InChI is InChI=1S/C27H38N4O2/c1-18-13-19(2)25(20(3)14-18)26(32)31-12-10-23(17-31)9-7-6-8-11-28-27(33)30-24-15-21(4)29-22(5)16-24/h13-16,23H,6-12,17H2,1-5H3,(H2,28,29,30,33). The van der Waals surface area contributed by atoms with E-state index in [0.717, 1.165) is 79.0 Å². The van der Waals surface area contributed by atoms with Gasteiger partial charge in [0.15, 0.2) is 0 Å². The number of likely N-dealkylation sites (tertiary alicyclic amines) is 1. The quantitative estimate of drug-likeness (QED) is 0.524. The molecule has 0 bridgehead atoms. The summed E-state index contributed by atoms with van der Waals surface area (Å²) in [7, 11) is 0. The lowest BCUT2D eigenvalue weighted by Gasteiger charge is -2.20. The van der Waals surface area contributed by atoms with Crippen molar-refractivity contribution in [3.8, 4) is 0 Å². The monoisotopic (exact) mass is 450 g/mol. The number of urea groups is 1. The van der Waals surface area contributed by atoms with Crippen molar-refractivity contribution in [2.75, 3.05) is 25.0 Å². The molecule has 2 aromatic rings. The maximum Gasteiger partial charge on any atom is 0.319 e. The highest BCUT2D eigenvalue weighted by Gasteiger charge is 2.28. The lowest BCUT2D eigenvalue weighted by atomic mass is 9.98. The molecule has 33 heavy (non-hydrogen) atoms. The van der Waals surface area contributed by atoms with E-state index in [2.05, 4.69) is 34.7 Å². The van der Waals surface area contributed by atoms with Gasteiger partial charge in [-0.15, -0.1) is 0 Å². The number of hydrogen-bond donors (Lipinski definition) is 2. The van der Waals surface area contributed by atoms with Crippen LogP contribution in [0.25, 0.3) is 0 Å². The Labute approximate surface area is 198 Å². The molecule has 2 N–H and O–H groups in total. The van der Waals surface area contributed by atoms with Gasteiger partial charge < -0.3 is 15.5 Å². The zero-order chi connectivity index (χ0) is 24.0. The molecule has 0 radical (unpaired) electrons. The highest BCUT2D eigenvalue weighted by Crippen LogP contribution is 2.26. The van der Waals surface area contributed by atoms with Crippen molar-refractivity contribution in [1.82, 2.24) is 15.2 Å². The first-order valence-electron chi connectivity index (χ1n) is 12.1. The zero-order valence-corrected chi connectivity index (χ0v) is 20.8. The second kappa shape index (κ2) is 11.3. The number of carbonyl (C=O) groups is 2. The Morgan fingerprint density at radius 2 is 1.64 bits per heavy atom. The third-order valence-electron chi connectivity index (χ3n) is 6.38. The van der Waals surface area contributed by atoms with E-state index in [4.69, 9.17) is 0 Å². The van der Waals surface area contributed by atoms with E-state index in [1.54, 1.807) is 0 Å². The third-order valence-corrected chi connectivity index (χ3v) is 6.38. The number of pyridine rings is 1. The molecule has 3 amide bonds. The number of carbonyl (C=O) groups excluding carboxylic acids is 2. The summed E-state index contributed by atoms with van der Waals surface area (Å²) in [5.74, 6) is 0.761. The number of hydrogen-bond acceptors (Lipinski definition) is 3. The van der Waals surface area contributed by atoms with Crippen LogP contribution in [-0.2, 0) is 0 Å². The molecule has 1 unspecified atom stereocenters. The van der Waals surface area contributed by atoms with Gasteiger partial charge in [-0.05, 0) is 83.1 Å². The molecule has 2 heterocycles. The van der Waals surface area contributed by atoms with Gasteiger partial charge in [0.1, 0.15) is 0 Å².